The van der Waals surface area contributed by atoms with E-state index in [1.807, 2.05) is 0 Å². The summed E-state index contributed by atoms with van der Waals surface area (Å²) in [4.78, 5) is 10.4. The number of hydrogen-bond acceptors (Lipinski definition) is 4. The Hall–Kier alpha value is -2.27. The summed E-state index contributed by atoms with van der Waals surface area (Å²) in [5, 5.41) is 14.2. The third-order valence-corrected chi connectivity index (χ3v) is 2.62. The summed E-state index contributed by atoms with van der Waals surface area (Å²) < 4.78 is 0. The fourth-order valence-corrected chi connectivity index (χ4v) is 1.70. The molecule has 0 spiro atoms. The van der Waals surface area contributed by atoms with Gasteiger partial charge in [0.1, 0.15) is 5.69 Å². The zero-order chi connectivity index (χ0) is 13.1. The maximum absolute atomic E-state index is 10.9. The first-order valence-corrected chi connectivity index (χ1v) is 5.51. The van der Waals surface area contributed by atoms with Gasteiger partial charge in [-0.25, -0.2) is 0 Å². The topological polar surface area (TPSA) is 81.2 Å². The number of nitrogen functional groups attached to an aromatic ring is 1. The summed E-state index contributed by atoms with van der Waals surface area (Å²) in [7, 11) is 0. The zero-order valence-electron chi connectivity index (χ0n) is 9.26. The summed E-state index contributed by atoms with van der Waals surface area (Å²) in [5.74, 6) is 0. The van der Waals surface area contributed by atoms with E-state index in [1.165, 1.54) is 18.2 Å². The molecule has 0 atom stereocenters. The van der Waals surface area contributed by atoms with Crippen LogP contribution in [0.2, 0.25) is 5.02 Å². The summed E-state index contributed by atoms with van der Waals surface area (Å²) in [6, 6.07) is 11.3. The van der Waals surface area contributed by atoms with E-state index in [2.05, 4.69) is 5.32 Å². The van der Waals surface area contributed by atoms with Crippen molar-refractivity contribution >= 4 is 34.4 Å². The SMILES string of the molecule is Nc1ccccc1Nc1cc(Cl)ccc1[N+](=O)[O-]. The third kappa shape index (κ3) is 2.52. The number of nitrogens with two attached hydrogens (primary N) is 1. The number of rotatable bonds is 3. The lowest BCUT2D eigenvalue weighted by Crippen LogP contribution is -1.99. The van der Waals surface area contributed by atoms with Gasteiger partial charge in [0.25, 0.3) is 5.69 Å². The molecule has 6 heteroatoms. The molecule has 5 nitrogen and oxygen atoms in total. The van der Waals surface area contributed by atoms with Crippen LogP contribution in [0.3, 0.4) is 0 Å². The minimum atomic E-state index is -0.474. The molecule has 0 unspecified atom stereocenters. The first-order chi connectivity index (χ1) is 8.58. The predicted molar refractivity (Wildman–Crippen MR) is 72.2 cm³/mol. The second-order valence-corrected chi connectivity index (χ2v) is 4.07. The average molecular weight is 264 g/mol. The highest BCUT2D eigenvalue weighted by atomic mass is 35.5. The van der Waals surface area contributed by atoms with Crippen LogP contribution >= 0.6 is 11.6 Å². The van der Waals surface area contributed by atoms with E-state index in [1.54, 1.807) is 24.3 Å². The maximum Gasteiger partial charge on any atom is 0.292 e. The molecule has 0 aliphatic carbocycles. The summed E-state index contributed by atoms with van der Waals surface area (Å²) >= 11 is 5.83. The molecule has 2 aromatic carbocycles. The lowest BCUT2D eigenvalue weighted by Gasteiger charge is -2.09. The zero-order valence-corrected chi connectivity index (χ0v) is 10.0. The quantitative estimate of drug-likeness (QED) is 0.504. The normalized spacial score (nSPS) is 10.1. The van der Waals surface area contributed by atoms with Crippen LogP contribution in [0.5, 0.6) is 0 Å². The van der Waals surface area contributed by atoms with E-state index >= 15 is 0 Å². The third-order valence-electron chi connectivity index (χ3n) is 2.39. The number of nitrogens with zero attached hydrogens (tertiary/aromatic N) is 1. The van der Waals surface area contributed by atoms with Crippen molar-refractivity contribution in [1.29, 1.82) is 0 Å². The lowest BCUT2D eigenvalue weighted by molar-refractivity contribution is -0.383. The van der Waals surface area contributed by atoms with Crippen LogP contribution in [0.25, 0.3) is 0 Å². The van der Waals surface area contributed by atoms with Gasteiger partial charge in [0.2, 0.25) is 0 Å². The molecule has 0 radical (unpaired) electrons. The van der Waals surface area contributed by atoms with Crippen molar-refractivity contribution in [2.45, 2.75) is 0 Å². The molecular formula is C12H10ClN3O2. The van der Waals surface area contributed by atoms with Crippen LogP contribution in [-0.4, -0.2) is 4.92 Å². The second-order valence-electron chi connectivity index (χ2n) is 3.63. The molecular weight excluding hydrogens is 254 g/mol. The van der Waals surface area contributed by atoms with E-state index in [-0.39, 0.29) is 5.69 Å². The monoisotopic (exact) mass is 263 g/mol. The van der Waals surface area contributed by atoms with E-state index in [0.717, 1.165) is 0 Å². The van der Waals surface area contributed by atoms with Gasteiger partial charge in [-0.3, -0.25) is 10.1 Å². The largest absolute Gasteiger partial charge is 0.397 e. The fourth-order valence-electron chi connectivity index (χ4n) is 1.52. The van der Waals surface area contributed by atoms with Gasteiger partial charge in [0.15, 0.2) is 0 Å². The van der Waals surface area contributed by atoms with E-state index < -0.39 is 4.92 Å². The van der Waals surface area contributed by atoms with Gasteiger partial charge in [0.05, 0.1) is 16.3 Å². The Labute approximate surface area is 108 Å². The van der Waals surface area contributed by atoms with Crippen molar-refractivity contribution in [3.63, 3.8) is 0 Å². The number of benzene rings is 2. The van der Waals surface area contributed by atoms with Crippen LogP contribution in [0.4, 0.5) is 22.7 Å². The molecule has 0 heterocycles. The first-order valence-electron chi connectivity index (χ1n) is 5.13. The van der Waals surface area contributed by atoms with Crippen LogP contribution in [0, 0.1) is 10.1 Å². The Morgan fingerprint density at radius 1 is 1.17 bits per heavy atom. The number of hydrogen-bond donors (Lipinski definition) is 2. The number of para-hydroxylation sites is 2. The highest BCUT2D eigenvalue weighted by molar-refractivity contribution is 6.31. The Morgan fingerprint density at radius 2 is 1.89 bits per heavy atom. The average Bonchev–Trinajstić information content (AvgIpc) is 2.32. The lowest BCUT2D eigenvalue weighted by atomic mass is 10.2. The summed E-state index contributed by atoms with van der Waals surface area (Å²) in [6.07, 6.45) is 0. The Bertz CT molecular complexity index is 602. The van der Waals surface area contributed by atoms with E-state index in [4.69, 9.17) is 17.3 Å². The molecule has 0 aliphatic heterocycles. The molecule has 92 valence electrons. The second kappa shape index (κ2) is 4.93. The smallest absolute Gasteiger partial charge is 0.292 e. The molecule has 2 aromatic rings. The molecule has 0 fully saturated rings. The van der Waals surface area contributed by atoms with Crippen LogP contribution in [0.1, 0.15) is 0 Å². The highest BCUT2D eigenvalue weighted by Gasteiger charge is 2.14. The van der Waals surface area contributed by atoms with Gasteiger partial charge >= 0.3 is 0 Å². The first kappa shape index (κ1) is 12.2. The molecule has 0 amide bonds. The van der Waals surface area contributed by atoms with Gasteiger partial charge < -0.3 is 11.1 Å². The maximum atomic E-state index is 10.9. The Morgan fingerprint density at radius 3 is 2.56 bits per heavy atom. The van der Waals surface area contributed by atoms with E-state index in [9.17, 15) is 10.1 Å². The molecule has 0 bridgehead atoms. The molecule has 3 N–H and O–H groups in total. The molecule has 0 saturated heterocycles. The highest BCUT2D eigenvalue weighted by Crippen LogP contribution is 2.32. The number of nitro groups is 1. The van der Waals surface area contributed by atoms with Crippen molar-refractivity contribution in [2.75, 3.05) is 11.1 Å². The van der Waals surface area contributed by atoms with E-state index in [0.29, 0.717) is 22.1 Å². The van der Waals surface area contributed by atoms with Crippen molar-refractivity contribution in [3.8, 4) is 0 Å². The van der Waals surface area contributed by atoms with Crippen LogP contribution in [0.15, 0.2) is 42.5 Å². The predicted octanol–water partition coefficient (Wildman–Crippen LogP) is 3.57. The number of nitrogens with one attached hydrogen (secondary N) is 1. The Balaban J connectivity index is 2.42. The number of halogens is 1. The van der Waals surface area contributed by atoms with Crippen molar-refractivity contribution in [1.82, 2.24) is 0 Å². The number of nitro benzene ring substituents is 1. The molecule has 18 heavy (non-hydrogen) atoms. The molecule has 0 aromatic heterocycles. The molecule has 0 saturated carbocycles. The van der Waals surface area contributed by atoms with Gasteiger partial charge in [-0.15, -0.1) is 0 Å². The van der Waals surface area contributed by atoms with Crippen molar-refractivity contribution < 1.29 is 4.92 Å². The van der Waals surface area contributed by atoms with Gasteiger partial charge in [-0.1, -0.05) is 23.7 Å². The Kier molecular flexibility index (Phi) is 3.34. The molecule has 2 rings (SSSR count). The van der Waals surface area contributed by atoms with Crippen LogP contribution < -0.4 is 11.1 Å². The van der Waals surface area contributed by atoms with Gasteiger partial charge in [0, 0.05) is 11.1 Å². The van der Waals surface area contributed by atoms with Crippen LogP contribution in [-0.2, 0) is 0 Å². The molecule has 0 aliphatic rings. The van der Waals surface area contributed by atoms with Crippen molar-refractivity contribution in [2.24, 2.45) is 0 Å². The fraction of sp³-hybridized carbons (Fsp3) is 0. The minimum Gasteiger partial charge on any atom is -0.397 e. The van der Waals surface area contributed by atoms with Gasteiger partial charge in [-0.2, -0.15) is 0 Å². The standard InChI is InChI=1S/C12H10ClN3O2/c13-8-5-6-12(16(17)18)11(7-8)15-10-4-2-1-3-9(10)14/h1-7,15H,14H2. The minimum absolute atomic E-state index is 0.0531. The summed E-state index contributed by atoms with van der Waals surface area (Å²) in [5.41, 5.74) is 7.13. The van der Waals surface area contributed by atoms with Gasteiger partial charge in [-0.05, 0) is 24.3 Å². The van der Waals surface area contributed by atoms with Crippen molar-refractivity contribution in [3.05, 3.63) is 57.6 Å². The summed E-state index contributed by atoms with van der Waals surface area (Å²) in [6.45, 7) is 0. The number of anilines is 3.